The molecule has 4 nitrogen and oxygen atoms in total. The number of hydrogen-bond acceptors (Lipinski definition) is 4. The number of carbonyl (C=O) groups is 1. The van der Waals surface area contributed by atoms with E-state index >= 15 is 0 Å². The number of carbonyl (C=O) groups excluding carboxylic acids is 1. The Morgan fingerprint density at radius 3 is 1.93 bits per heavy atom. The van der Waals surface area contributed by atoms with Gasteiger partial charge in [-0.25, -0.2) is 0 Å². The van der Waals surface area contributed by atoms with Gasteiger partial charge in [0.25, 0.3) is 0 Å². The molecule has 0 spiro atoms. The van der Waals surface area contributed by atoms with E-state index in [-0.39, 0.29) is 40.4 Å². The molecule has 1 unspecified atom stereocenters. The quantitative estimate of drug-likeness (QED) is 0.716. The number of phenols is 2. The summed E-state index contributed by atoms with van der Waals surface area (Å²) < 4.78 is 5.75. The molecule has 27 heavy (non-hydrogen) atoms. The summed E-state index contributed by atoms with van der Waals surface area (Å²) in [5, 5.41) is 20.7. The molecule has 1 aliphatic carbocycles. The van der Waals surface area contributed by atoms with Crippen LogP contribution in [0, 0.1) is 0 Å². The van der Waals surface area contributed by atoms with E-state index in [9.17, 15) is 15.0 Å². The first-order valence-electron chi connectivity index (χ1n) is 8.88. The van der Waals surface area contributed by atoms with Crippen LogP contribution in [0.4, 0.5) is 0 Å². The summed E-state index contributed by atoms with van der Waals surface area (Å²) in [5.41, 5.74) is 3.09. The first kappa shape index (κ1) is 17.3. The van der Waals surface area contributed by atoms with Gasteiger partial charge in [0.05, 0.1) is 17.2 Å². The van der Waals surface area contributed by atoms with E-state index in [1.54, 1.807) is 19.2 Å². The lowest BCUT2D eigenvalue weighted by Gasteiger charge is -2.31. The minimum absolute atomic E-state index is 0.0647. The second kappa shape index (κ2) is 6.89. The van der Waals surface area contributed by atoms with Gasteiger partial charge >= 0.3 is 0 Å². The molecular weight excluding hydrogens is 340 g/mol. The Morgan fingerprint density at radius 1 is 0.852 bits per heavy atom. The SMILES string of the molecule is COC(CC1c2cccc(O)c2C(=O)c2c(O)cccc21)c1ccccc1. The van der Waals surface area contributed by atoms with E-state index in [1.807, 2.05) is 42.5 Å². The average Bonchev–Trinajstić information content (AvgIpc) is 2.68. The molecule has 3 aromatic rings. The van der Waals surface area contributed by atoms with Crippen molar-refractivity contribution in [2.45, 2.75) is 18.4 Å². The zero-order valence-corrected chi connectivity index (χ0v) is 14.9. The lowest BCUT2D eigenvalue weighted by molar-refractivity contribution is 0.0903. The number of aromatic hydroxyl groups is 2. The van der Waals surface area contributed by atoms with Gasteiger partial charge in [-0.15, -0.1) is 0 Å². The third-order valence-electron chi connectivity index (χ3n) is 5.26. The van der Waals surface area contributed by atoms with Crippen molar-refractivity contribution in [2.24, 2.45) is 0 Å². The molecule has 0 aliphatic heterocycles. The number of ketones is 1. The van der Waals surface area contributed by atoms with Gasteiger partial charge < -0.3 is 14.9 Å². The summed E-state index contributed by atoms with van der Waals surface area (Å²) in [4.78, 5) is 13.0. The maximum absolute atomic E-state index is 13.0. The molecule has 1 atom stereocenters. The second-order valence-corrected chi connectivity index (χ2v) is 6.74. The maximum Gasteiger partial charge on any atom is 0.201 e. The monoisotopic (exact) mass is 360 g/mol. The van der Waals surface area contributed by atoms with Gasteiger partial charge in [0, 0.05) is 13.0 Å². The molecule has 3 aromatic carbocycles. The molecule has 0 saturated heterocycles. The third kappa shape index (κ3) is 2.88. The van der Waals surface area contributed by atoms with Gasteiger partial charge in [-0.2, -0.15) is 0 Å². The smallest absolute Gasteiger partial charge is 0.201 e. The number of fused-ring (bicyclic) bond motifs is 2. The molecule has 1 aliphatic rings. The Hall–Kier alpha value is -3.11. The lowest BCUT2D eigenvalue weighted by Crippen LogP contribution is -2.22. The summed E-state index contributed by atoms with van der Waals surface area (Å²) in [7, 11) is 1.67. The molecule has 0 amide bonds. The van der Waals surface area contributed by atoms with Crippen molar-refractivity contribution in [2.75, 3.05) is 7.11 Å². The fourth-order valence-corrected chi connectivity index (χ4v) is 3.99. The molecule has 0 saturated carbocycles. The normalized spacial score (nSPS) is 14.5. The topological polar surface area (TPSA) is 66.8 Å². The summed E-state index contributed by atoms with van der Waals surface area (Å²) in [5.74, 6) is -0.659. The van der Waals surface area contributed by atoms with Crippen LogP contribution in [0.5, 0.6) is 11.5 Å². The highest BCUT2D eigenvalue weighted by Gasteiger charge is 2.36. The minimum Gasteiger partial charge on any atom is -0.507 e. The molecular formula is C23H20O4. The molecule has 2 N–H and O–H groups in total. The van der Waals surface area contributed by atoms with Gasteiger partial charge in [-0.1, -0.05) is 54.6 Å². The number of hydrogen-bond donors (Lipinski definition) is 2. The highest BCUT2D eigenvalue weighted by molar-refractivity contribution is 6.15. The predicted molar refractivity (Wildman–Crippen MR) is 102 cm³/mol. The van der Waals surface area contributed by atoms with Crippen molar-refractivity contribution in [3.05, 3.63) is 94.5 Å². The highest BCUT2D eigenvalue weighted by atomic mass is 16.5. The van der Waals surface area contributed by atoms with Gasteiger partial charge in [0.2, 0.25) is 5.78 Å². The van der Waals surface area contributed by atoms with Gasteiger partial charge in [-0.3, -0.25) is 4.79 Å². The van der Waals surface area contributed by atoms with E-state index in [4.69, 9.17) is 4.74 Å². The van der Waals surface area contributed by atoms with Crippen molar-refractivity contribution >= 4 is 5.78 Å². The van der Waals surface area contributed by atoms with Crippen LogP contribution in [0.2, 0.25) is 0 Å². The number of phenolic OH excluding ortho intramolecular Hbond substituents is 2. The first-order chi connectivity index (χ1) is 13.1. The summed E-state index contributed by atoms with van der Waals surface area (Å²) in [6.45, 7) is 0. The van der Waals surface area contributed by atoms with Crippen LogP contribution in [0.15, 0.2) is 66.7 Å². The standard InChI is InChI=1S/C23H20O4/c1-27-20(14-7-3-2-4-8-14)13-17-15-9-5-11-18(24)21(15)23(26)22-16(17)10-6-12-19(22)25/h2-12,17,20,24-25H,13H2,1H3. The molecule has 136 valence electrons. The van der Waals surface area contributed by atoms with E-state index in [0.29, 0.717) is 6.42 Å². The molecule has 0 radical (unpaired) electrons. The molecule has 4 rings (SSSR count). The molecule has 0 bridgehead atoms. The van der Waals surface area contributed by atoms with Gasteiger partial charge in [0.15, 0.2) is 0 Å². The van der Waals surface area contributed by atoms with E-state index in [1.165, 1.54) is 12.1 Å². The van der Waals surface area contributed by atoms with Gasteiger partial charge in [0.1, 0.15) is 11.5 Å². The van der Waals surface area contributed by atoms with Crippen molar-refractivity contribution in [1.82, 2.24) is 0 Å². The maximum atomic E-state index is 13.0. The Balaban J connectivity index is 1.86. The average molecular weight is 360 g/mol. The Morgan fingerprint density at radius 2 is 1.41 bits per heavy atom. The van der Waals surface area contributed by atoms with E-state index in [0.717, 1.165) is 16.7 Å². The van der Waals surface area contributed by atoms with Crippen LogP contribution >= 0.6 is 0 Å². The van der Waals surface area contributed by atoms with Crippen molar-refractivity contribution in [3.8, 4) is 11.5 Å². The number of benzene rings is 3. The molecule has 0 fully saturated rings. The van der Waals surface area contributed by atoms with Gasteiger partial charge in [-0.05, 0) is 35.2 Å². The van der Waals surface area contributed by atoms with Crippen LogP contribution in [-0.4, -0.2) is 23.1 Å². The number of methoxy groups -OCH3 is 1. The Bertz CT molecular complexity index is 939. The summed E-state index contributed by atoms with van der Waals surface area (Å²) >= 11 is 0. The van der Waals surface area contributed by atoms with Crippen molar-refractivity contribution in [3.63, 3.8) is 0 Å². The van der Waals surface area contributed by atoms with E-state index in [2.05, 4.69) is 0 Å². The zero-order chi connectivity index (χ0) is 19.0. The fourth-order valence-electron chi connectivity index (χ4n) is 3.99. The number of ether oxygens (including phenoxy) is 1. The van der Waals surface area contributed by atoms with E-state index < -0.39 is 0 Å². The summed E-state index contributed by atoms with van der Waals surface area (Å²) in [6, 6.07) is 20.1. The van der Waals surface area contributed by atoms with Crippen LogP contribution < -0.4 is 0 Å². The first-order valence-corrected chi connectivity index (χ1v) is 8.88. The van der Waals surface area contributed by atoms with Crippen LogP contribution in [0.3, 0.4) is 0 Å². The zero-order valence-electron chi connectivity index (χ0n) is 14.9. The van der Waals surface area contributed by atoms with Crippen LogP contribution in [0.25, 0.3) is 0 Å². The van der Waals surface area contributed by atoms with Crippen LogP contribution in [0.1, 0.15) is 51.1 Å². The lowest BCUT2D eigenvalue weighted by atomic mass is 9.74. The highest BCUT2D eigenvalue weighted by Crippen LogP contribution is 2.46. The number of rotatable bonds is 4. The Kier molecular flexibility index (Phi) is 4.42. The predicted octanol–water partition coefficient (Wildman–Crippen LogP) is 4.55. The largest absolute Gasteiger partial charge is 0.507 e. The fraction of sp³-hybridized carbons (Fsp3) is 0.174. The van der Waals surface area contributed by atoms with Crippen LogP contribution in [-0.2, 0) is 4.74 Å². The van der Waals surface area contributed by atoms with Crippen molar-refractivity contribution < 1.29 is 19.7 Å². The molecule has 0 aromatic heterocycles. The Labute approximate surface area is 157 Å². The minimum atomic E-state index is -0.346. The third-order valence-corrected chi connectivity index (χ3v) is 5.26. The second-order valence-electron chi connectivity index (χ2n) is 6.74. The van der Waals surface area contributed by atoms with Crippen molar-refractivity contribution in [1.29, 1.82) is 0 Å². The molecule has 4 heteroatoms. The summed E-state index contributed by atoms with van der Waals surface area (Å²) in [6.07, 6.45) is 0.399. The molecule has 0 heterocycles.